The number of aromatic nitrogens is 1. The smallest absolute Gasteiger partial charge is 0.254 e. The first kappa shape index (κ1) is 15.3. The molecule has 0 unspecified atom stereocenters. The first-order valence-electron chi connectivity index (χ1n) is 7.83. The highest BCUT2D eigenvalue weighted by Crippen LogP contribution is 2.26. The van der Waals surface area contributed by atoms with Crippen LogP contribution < -0.4 is 0 Å². The third-order valence-corrected chi connectivity index (χ3v) is 5.95. The summed E-state index contributed by atoms with van der Waals surface area (Å²) < 4.78 is 6.02. The third-order valence-electron chi connectivity index (χ3n) is 4.50. The van der Waals surface area contributed by atoms with Gasteiger partial charge in [-0.3, -0.25) is 9.69 Å². The lowest BCUT2D eigenvalue weighted by Crippen LogP contribution is -2.37. The predicted molar refractivity (Wildman–Crippen MR) is 90.8 cm³/mol. The number of rotatable bonds is 3. The molecule has 4 rings (SSSR count). The molecule has 2 saturated heterocycles. The SMILES string of the molecule is O=C(c1ccsc1)N1CCO[C@@H]2CN(Cc3nccs3)C[C@@H]2C1. The van der Waals surface area contributed by atoms with Crippen molar-refractivity contribution in [3.63, 3.8) is 0 Å². The number of ether oxygens (including phenoxy) is 1. The summed E-state index contributed by atoms with van der Waals surface area (Å²) >= 11 is 3.26. The number of likely N-dealkylation sites (tertiary alicyclic amines) is 1. The van der Waals surface area contributed by atoms with Crippen molar-refractivity contribution in [2.24, 2.45) is 5.92 Å². The second-order valence-corrected chi connectivity index (χ2v) is 7.81. The number of amides is 1. The van der Waals surface area contributed by atoms with E-state index in [1.807, 2.05) is 33.3 Å². The molecule has 0 aliphatic carbocycles. The normalized spacial score (nSPS) is 25.3. The molecule has 0 bridgehead atoms. The van der Waals surface area contributed by atoms with E-state index in [2.05, 4.69) is 9.88 Å². The fourth-order valence-electron chi connectivity index (χ4n) is 3.38. The van der Waals surface area contributed by atoms with Gasteiger partial charge in [-0.1, -0.05) is 0 Å². The van der Waals surface area contributed by atoms with Crippen LogP contribution in [0.5, 0.6) is 0 Å². The number of hydrogen-bond acceptors (Lipinski definition) is 6. The highest BCUT2D eigenvalue weighted by Gasteiger charge is 2.37. The summed E-state index contributed by atoms with van der Waals surface area (Å²) in [5, 5.41) is 7.04. The van der Waals surface area contributed by atoms with Gasteiger partial charge in [0.25, 0.3) is 5.91 Å². The minimum atomic E-state index is 0.133. The van der Waals surface area contributed by atoms with Crippen molar-refractivity contribution in [2.45, 2.75) is 12.6 Å². The van der Waals surface area contributed by atoms with Crippen molar-refractivity contribution in [3.8, 4) is 0 Å². The van der Waals surface area contributed by atoms with E-state index in [0.29, 0.717) is 19.1 Å². The predicted octanol–water partition coefficient (Wildman–Crippen LogP) is 2.18. The number of thiazole rings is 1. The maximum absolute atomic E-state index is 12.6. The van der Waals surface area contributed by atoms with E-state index in [9.17, 15) is 4.79 Å². The molecule has 0 aromatic carbocycles. The standard InChI is InChI=1S/C16H19N3O2S2/c20-16(12-1-5-22-11-12)19-3-4-21-14-9-18(7-13(14)8-19)10-15-17-2-6-23-15/h1-2,5-6,11,13-14H,3-4,7-10H2/t13-,14-/m1/s1. The van der Waals surface area contributed by atoms with Crippen molar-refractivity contribution in [1.82, 2.24) is 14.8 Å². The van der Waals surface area contributed by atoms with Gasteiger partial charge in [0, 0.05) is 49.1 Å². The lowest BCUT2D eigenvalue weighted by Gasteiger charge is -2.23. The maximum atomic E-state index is 12.6. The summed E-state index contributed by atoms with van der Waals surface area (Å²) in [6.07, 6.45) is 2.08. The van der Waals surface area contributed by atoms with Crippen molar-refractivity contribution >= 4 is 28.6 Å². The Kier molecular flexibility index (Phi) is 4.43. The molecule has 2 atom stereocenters. The molecule has 4 heterocycles. The van der Waals surface area contributed by atoms with Crippen molar-refractivity contribution in [1.29, 1.82) is 0 Å². The van der Waals surface area contributed by atoms with Gasteiger partial charge >= 0.3 is 0 Å². The summed E-state index contributed by atoms with van der Waals surface area (Å²) in [4.78, 5) is 21.3. The van der Waals surface area contributed by atoms with Crippen LogP contribution in [-0.4, -0.2) is 59.6 Å². The molecular formula is C16H19N3O2S2. The van der Waals surface area contributed by atoms with Crippen LogP contribution in [0.3, 0.4) is 0 Å². The lowest BCUT2D eigenvalue weighted by molar-refractivity contribution is 0.0501. The zero-order chi connectivity index (χ0) is 15.6. The van der Waals surface area contributed by atoms with Gasteiger partial charge in [-0.25, -0.2) is 4.98 Å². The highest BCUT2D eigenvalue weighted by molar-refractivity contribution is 7.09. The molecule has 0 saturated carbocycles. The Bertz CT molecular complexity index is 644. The van der Waals surface area contributed by atoms with Crippen LogP contribution >= 0.6 is 22.7 Å². The highest BCUT2D eigenvalue weighted by atomic mass is 32.1. The topological polar surface area (TPSA) is 45.7 Å². The Morgan fingerprint density at radius 1 is 1.35 bits per heavy atom. The van der Waals surface area contributed by atoms with Crippen LogP contribution in [0.1, 0.15) is 15.4 Å². The molecule has 2 aromatic heterocycles. The average Bonchev–Trinajstić information content (AvgIpc) is 3.28. The summed E-state index contributed by atoms with van der Waals surface area (Å²) in [6.45, 7) is 4.89. The fraction of sp³-hybridized carbons (Fsp3) is 0.500. The second-order valence-electron chi connectivity index (χ2n) is 6.05. The minimum Gasteiger partial charge on any atom is -0.375 e. The van der Waals surface area contributed by atoms with Gasteiger partial charge in [0.15, 0.2) is 0 Å². The molecule has 2 fully saturated rings. The quantitative estimate of drug-likeness (QED) is 0.852. The molecular weight excluding hydrogens is 330 g/mol. The van der Waals surface area contributed by atoms with Crippen molar-refractivity contribution in [2.75, 3.05) is 32.8 Å². The summed E-state index contributed by atoms with van der Waals surface area (Å²) in [7, 11) is 0. The number of hydrogen-bond donors (Lipinski definition) is 0. The number of carbonyl (C=O) groups excluding carboxylic acids is 1. The largest absolute Gasteiger partial charge is 0.375 e. The van der Waals surface area contributed by atoms with E-state index in [1.165, 1.54) is 0 Å². The van der Waals surface area contributed by atoms with Crippen molar-refractivity contribution in [3.05, 3.63) is 39.0 Å². The number of thiophene rings is 1. The molecule has 7 heteroatoms. The van der Waals surface area contributed by atoms with Crippen LogP contribution in [-0.2, 0) is 11.3 Å². The zero-order valence-electron chi connectivity index (χ0n) is 12.8. The fourth-order valence-corrected chi connectivity index (χ4v) is 4.67. The van der Waals surface area contributed by atoms with Gasteiger partial charge in [0.2, 0.25) is 0 Å². The van der Waals surface area contributed by atoms with E-state index in [1.54, 1.807) is 22.7 Å². The summed E-state index contributed by atoms with van der Waals surface area (Å²) in [5.74, 6) is 0.522. The Morgan fingerprint density at radius 3 is 3.09 bits per heavy atom. The number of carbonyl (C=O) groups is 1. The van der Waals surface area contributed by atoms with E-state index < -0.39 is 0 Å². The molecule has 0 N–H and O–H groups in total. The Balaban J connectivity index is 1.41. The van der Waals surface area contributed by atoms with Crippen LogP contribution in [0.15, 0.2) is 28.4 Å². The molecule has 2 aliphatic heterocycles. The summed E-state index contributed by atoms with van der Waals surface area (Å²) in [6, 6.07) is 1.90. The van der Waals surface area contributed by atoms with Crippen LogP contribution in [0.25, 0.3) is 0 Å². The maximum Gasteiger partial charge on any atom is 0.254 e. The molecule has 122 valence electrons. The van der Waals surface area contributed by atoms with E-state index in [-0.39, 0.29) is 12.0 Å². The molecule has 23 heavy (non-hydrogen) atoms. The van der Waals surface area contributed by atoms with E-state index in [0.717, 1.165) is 36.8 Å². The van der Waals surface area contributed by atoms with E-state index in [4.69, 9.17) is 4.74 Å². The average molecular weight is 349 g/mol. The first-order valence-corrected chi connectivity index (χ1v) is 9.65. The first-order chi connectivity index (χ1) is 11.3. The zero-order valence-corrected chi connectivity index (χ0v) is 14.4. The van der Waals surface area contributed by atoms with Crippen LogP contribution in [0.2, 0.25) is 0 Å². The molecule has 0 radical (unpaired) electrons. The molecule has 2 aromatic rings. The van der Waals surface area contributed by atoms with Crippen LogP contribution in [0.4, 0.5) is 0 Å². The molecule has 2 aliphatic rings. The van der Waals surface area contributed by atoms with Gasteiger partial charge in [-0.2, -0.15) is 11.3 Å². The van der Waals surface area contributed by atoms with Crippen molar-refractivity contribution < 1.29 is 9.53 Å². The van der Waals surface area contributed by atoms with Gasteiger partial charge in [0.1, 0.15) is 5.01 Å². The van der Waals surface area contributed by atoms with Gasteiger partial charge < -0.3 is 9.64 Å². The number of nitrogens with zero attached hydrogens (tertiary/aromatic N) is 3. The monoisotopic (exact) mass is 349 g/mol. The third kappa shape index (κ3) is 3.33. The Labute approximate surface area is 143 Å². The summed E-state index contributed by atoms with van der Waals surface area (Å²) in [5.41, 5.74) is 0.797. The molecule has 5 nitrogen and oxygen atoms in total. The van der Waals surface area contributed by atoms with E-state index >= 15 is 0 Å². The Morgan fingerprint density at radius 2 is 2.30 bits per heavy atom. The van der Waals surface area contributed by atoms with Crippen LogP contribution in [0, 0.1) is 5.92 Å². The second kappa shape index (κ2) is 6.68. The Hall–Kier alpha value is -1.28. The van der Waals surface area contributed by atoms with Gasteiger partial charge in [-0.15, -0.1) is 11.3 Å². The lowest BCUT2D eigenvalue weighted by atomic mass is 10.1. The molecule has 1 amide bonds. The van der Waals surface area contributed by atoms with Gasteiger partial charge in [-0.05, 0) is 11.4 Å². The minimum absolute atomic E-state index is 0.133. The molecule has 0 spiro atoms. The number of fused-ring (bicyclic) bond motifs is 1. The van der Waals surface area contributed by atoms with Gasteiger partial charge in [0.05, 0.1) is 24.8 Å².